The molecule has 0 saturated carbocycles. The Morgan fingerprint density at radius 1 is 0.593 bits per heavy atom. The van der Waals surface area contributed by atoms with Crippen LogP contribution in [0.25, 0.3) is 10.8 Å². The molecule has 2 aromatic rings. The highest BCUT2D eigenvalue weighted by molar-refractivity contribution is 5.85. The minimum absolute atomic E-state index is 1.18. The highest BCUT2D eigenvalue weighted by atomic mass is 14.0. The quantitative estimate of drug-likeness (QED) is 0.218. The van der Waals surface area contributed by atoms with Crippen molar-refractivity contribution in [3.63, 3.8) is 0 Å². The Bertz CT molecular complexity index is 632. The van der Waals surface area contributed by atoms with Crippen molar-refractivity contribution in [2.75, 3.05) is 0 Å². The second-order valence-corrected chi connectivity index (χ2v) is 7.97. The Morgan fingerprint density at radius 2 is 1.19 bits per heavy atom. The second kappa shape index (κ2) is 14.5. The molecule has 0 aromatic heterocycles. The summed E-state index contributed by atoms with van der Waals surface area (Å²) in [4.78, 5) is 0. The van der Waals surface area contributed by atoms with Crippen LogP contribution in [-0.2, 0) is 6.42 Å². The molecule has 0 atom stereocenters. The van der Waals surface area contributed by atoms with Gasteiger partial charge in [0.05, 0.1) is 0 Å². The maximum absolute atomic E-state index is 2.41. The summed E-state index contributed by atoms with van der Waals surface area (Å²) in [7, 11) is 0. The molecule has 0 fully saturated rings. The van der Waals surface area contributed by atoms with Crippen LogP contribution in [0.3, 0.4) is 0 Å². The fourth-order valence-electron chi connectivity index (χ4n) is 3.91. The third kappa shape index (κ3) is 9.27. The minimum Gasteiger partial charge on any atom is -0.0885 e. The van der Waals surface area contributed by atoms with Gasteiger partial charge in [0.1, 0.15) is 0 Å². The van der Waals surface area contributed by atoms with Crippen molar-refractivity contribution in [3.05, 3.63) is 60.2 Å². The van der Waals surface area contributed by atoms with Crippen LogP contribution in [0.2, 0.25) is 0 Å². The lowest BCUT2D eigenvalue weighted by Gasteiger charge is -2.05. The van der Waals surface area contributed by atoms with Crippen molar-refractivity contribution < 1.29 is 0 Å². The molecule has 27 heavy (non-hydrogen) atoms. The Kier molecular flexibility index (Phi) is 11.7. The molecule has 0 spiro atoms. The molecule has 0 nitrogen and oxygen atoms in total. The van der Waals surface area contributed by atoms with Crippen LogP contribution < -0.4 is 0 Å². The van der Waals surface area contributed by atoms with Gasteiger partial charge in [-0.2, -0.15) is 0 Å². The summed E-state index contributed by atoms with van der Waals surface area (Å²) in [6, 6.07) is 15.4. The van der Waals surface area contributed by atoms with Crippen molar-refractivity contribution >= 4 is 10.8 Å². The maximum atomic E-state index is 2.41. The molecule has 0 bridgehead atoms. The normalized spacial score (nSPS) is 11.6. The third-order valence-corrected chi connectivity index (χ3v) is 5.59. The first-order valence-electron chi connectivity index (χ1n) is 11.5. The second-order valence-electron chi connectivity index (χ2n) is 7.97. The monoisotopic (exact) mass is 364 g/mol. The number of unbranched alkanes of at least 4 members (excludes halogenated alkanes) is 11. The average Bonchev–Trinajstić information content (AvgIpc) is 2.71. The van der Waals surface area contributed by atoms with Gasteiger partial charge in [-0.15, -0.1) is 0 Å². The summed E-state index contributed by atoms with van der Waals surface area (Å²) in [6.07, 6.45) is 24.0. The minimum atomic E-state index is 1.18. The number of fused-ring (bicyclic) bond motifs is 1. The van der Waals surface area contributed by atoms with Crippen LogP contribution in [0.5, 0.6) is 0 Å². The van der Waals surface area contributed by atoms with Crippen LogP contribution in [0.15, 0.2) is 54.6 Å². The number of allylic oxidation sites excluding steroid dienone is 2. The Labute approximate surface area is 168 Å². The van der Waals surface area contributed by atoms with Crippen molar-refractivity contribution in [2.24, 2.45) is 0 Å². The molecular formula is C27H40. The smallest absolute Gasteiger partial charge is 0.0152 e. The van der Waals surface area contributed by atoms with Crippen LogP contribution >= 0.6 is 0 Å². The summed E-state index contributed by atoms with van der Waals surface area (Å²) < 4.78 is 0. The highest BCUT2D eigenvalue weighted by Crippen LogP contribution is 2.20. The van der Waals surface area contributed by atoms with Gasteiger partial charge < -0.3 is 0 Å². The maximum Gasteiger partial charge on any atom is -0.0152 e. The molecule has 0 aliphatic heterocycles. The first kappa shape index (κ1) is 21.7. The van der Waals surface area contributed by atoms with E-state index in [0.717, 1.165) is 0 Å². The van der Waals surface area contributed by atoms with Crippen molar-refractivity contribution in [1.29, 1.82) is 0 Å². The number of benzene rings is 2. The number of hydrogen-bond acceptors (Lipinski definition) is 0. The van der Waals surface area contributed by atoms with E-state index >= 15 is 0 Å². The van der Waals surface area contributed by atoms with E-state index in [1.807, 2.05) is 0 Å². The van der Waals surface area contributed by atoms with E-state index in [2.05, 4.69) is 61.5 Å². The van der Waals surface area contributed by atoms with Gasteiger partial charge >= 0.3 is 0 Å². The first-order valence-corrected chi connectivity index (χ1v) is 11.5. The zero-order valence-electron chi connectivity index (χ0n) is 17.6. The molecule has 0 radical (unpaired) electrons. The number of hydrogen-bond donors (Lipinski definition) is 0. The van der Waals surface area contributed by atoms with E-state index in [1.54, 1.807) is 0 Å². The van der Waals surface area contributed by atoms with Crippen molar-refractivity contribution in [2.45, 2.75) is 96.8 Å². The first-order chi connectivity index (χ1) is 13.4. The SMILES string of the molecule is CCCCCCCCCCCC/C=C/CCCc1cccc2ccccc12. The zero-order chi connectivity index (χ0) is 19.0. The summed E-state index contributed by atoms with van der Waals surface area (Å²) in [6.45, 7) is 2.29. The Balaban J connectivity index is 1.45. The van der Waals surface area contributed by atoms with Gasteiger partial charge in [-0.25, -0.2) is 0 Å². The molecule has 2 rings (SSSR count). The molecule has 0 saturated heterocycles. The molecule has 2 aromatic carbocycles. The highest BCUT2D eigenvalue weighted by Gasteiger charge is 1.99. The summed E-state index contributed by atoms with van der Waals surface area (Å²) in [5, 5.41) is 2.79. The Hall–Kier alpha value is -1.56. The molecule has 0 heteroatoms. The van der Waals surface area contributed by atoms with Crippen molar-refractivity contribution in [1.82, 2.24) is 0 Å². The van der Waals surface area contributed by atoms with Gasteiger partial charge in [0.15, 0.2) is 0 Å². The lowest BCUT2D eigenvalue weighted by atomic mass is 10.00. The number of rotatable bonds is 15. The van der Waals surface area contributed by atoms with Gasteiger partial charge in [-0.3, -0.25) is 0 Å². The summed E-state index contributed by atoms with van der Waals surface area (Å²) in [5.41, 5.74) is 1.50. The number of aryl methyl sites for hydroxylation is 1. The van der Waals surface area contributed by atoms with Crippen LogP contribution in [0, 0.1) is 0 Å². The topological polar surface area (TPSA) is 0 Å². The zero-order valence-corrected chi connectivity index (χ0v) is 17.6. The van der Waals surface area contributed by atoms with Crippen LogP contribution in [0.4, 0.5) is 0 Å². The fourth-order valence-corrected chi connectivity index (χ4v) is 3.91. The van der Waals surface area contributed by atoms with Gasteiger partial charge in [0.25, 0.3) is 0 Å². The van der Waals surface area contributed by atoms with Gasteiger partial charge in [-0.1, -0.05) is 119 Å². The lowest BCUT2D eigenvalue weighted by Crippen LogP contribution is -1.87. The largest absolute Gasteiger partial charge is 0.0885 e. The van der Waals surface area contributed by atoms with Gasteiger partial charge in [0.2, 0.25) is 0 Å². The molecule has 0 amide bonds. The molecule has 0 heterocycles. The Morgan fingerprint density at radius 3 is 1.93 bits per heavy atom. The van der Waals surface area contributed by atoms with E-state index in [4.69, 9.17) is 0 Å². The predicted octanol–water partition coefficient (Wildman–Crippen LogP) is 9.03. The summed E-state index contributed by atoms with van der Waals surface area (Å²) in [5.74, 6) is 0. The molecule has 148 valence electrons. The van der Waals surface area contributed by atoms with Gasteiger partial charge in [-0.05, 0) is 48.4 Å². The standard InChI is InChI=1S/C27H40/c1-2-3-4-5-6-7-8-9-10-11-12-13-14-15-16-20-25-22-19-23-26-21-17-18-24-27(25)26/h13-14,17-19,21-24H,2-12,15-16,20H2,1H3/b14-13+. The fraction of sp³-hybridized carbons (Fsp3) is 0.556. The van der Waals surface area contributed by atoms with E-state index < -0.39 is 0 Å². The van der Waals surface area contributed by atoms with Crippen molar-refractivity contribution in [3.8, 4) is 0 Å². The molecule has 0 unspecified atom stereocenters. The molecule has 0 aliphatic rings. The lowest BCUT2D eigenvalue weighted by molar-refractivity contribution is 0.557. The van der Waals surface area contributed by atoms with E-state index in [1.165, 1.54) is 106 Å². The van der Waals surface area contributed by atoms with E-state index in [0.29, 0.717) is 0 Å². The van der Waals surface area contributed by atoms with Gasteiger partial charge in [0, 0.05) is 0 Å². The third-order valence-electron chi connectivity index (χ3n) is 5.59. The van der Waals surface area contributed by atoms with Crippen LogP contribution in [0.1, 0.15) is 96.0 Å². The molecule has 0 N–H and O–H groups in total. The molecule has 0 aliphatic carbocycles. The van der Waals surface area contributed by atoms with E-state index in [9.17, 15) is 0 Å². The van der Waals surface area contributed by atoms with Crippen LogP contribution in [-0.4, -0.2) is 0 Å². The molecular weight excluding hydrogens is 324 g/mol. The van der Waals surface area contributed by atoms with E-state index in [-0.39, 0.29) is 0 Å². The predicted molar refractivity (Wildman–Crippen MR) is 122 cm³/mol. The summed E-state index contributed by atoms with van der Waals surface area (Å²) >= 11 is 0. The average molecular weight is 365 g/mol.